The van der Waals surface area contributed by atoms with Crippen LogP contribution in [0.25, 0.3) is 0 Å². The summed E-state index contributed by atoms with van der Waals surface area (Å²) >= 11 is 28.8. The summed E-state index contributed by atoms with van der Waals surface area (Å²) < 4.78 is 4.52. The molecule has 33 heavy (non-hydrogen) atoms. The molecule has 0 unspecified atom stereocenters. The van der Waals surface area contributed by atoms with Gasteiger partial charge in [-0.25, -0.2) is 0 Å². The van der Waals surface area contributed by atoms with Crippen LogP contribution in [-0.2, 0) is 9.47 Å². The summed E-state index contributed by atoms with van der Waals surface area (Å²) in [5.41, 5.74) is 0. The Hall–Kier alpha value is -0.777. The maximum atomic E-state index is 14.3. The predicted molar refractivity (Wildman–Crippen MR) is 138 cm³/mol. The van der Waals surface area contributed by atoms with E-state index in [2.05, 4.69) is 0 Å². The first-order valence-electron chi connectivity index (χ1n) is 9.21. The minimum atomic E-state index is -6.57. The molecule has 4 nitrogen and oxygen atoms in total. The third kappa shape index (κ3) is 4.97. The quantitative estimate of drug-likeness (QED) is 0.230. The number of hydrogen-bond acceptors (Lipinski definition) is 4. The van der Waals surface area contributed by atoms with E-state index in [4.69, 9.17) is 79.1 Å². The van der Waals surface area contributed by atoms with Crippen LogP contribution in [0.1, 0.15) is 0 Å². The van der Waals surface area contributed by atoms with Crippen LogP contribution in [-0.4, -0.2) is 34.1 Å². The SMILES string of the molecule is O=[C](OC(Cl)(Cl)Cl)[Bi]([C](=O)OC(Cl)(Cl)Cl)([c]1ccccc1)([c]1ccccc1)[c]1ccccc1. The molecule has 0 spiro atoms. The second kappa shape index (κ2) is 10.1. The van der Waals surface area contributed by atoms with Crippen LogP contribution in [0.3, 0.4) is 0 Å². The van der Waals surface area contributed by atoms with Gasteiger partial charge in [-0.1, -0.05) is 0 Å². The van der Waals surface area contributed by atoms with E-state index < -0.39 is 34.1 Å². The first kappa shape index (κ1) is 26.8. The second-order valence-electron chi connectivity index (χ2n) is 6.75. The number of rotatable bonds is 5. The van der Waals surface area contributed by atoms with Crippen molar-refractivity contribution in [1.82, 2.24) is 0 Å². The van der Waals surface area contributed by atoms with Crippen molar-refractivity contribution in [3.63, 3.8) is 0 Å². The third-order valence-electron chi connectivity index (χ3n) is 4.95. The fourth-order valence-electron chi connectivity index (χ4n) is 3.71. The van der Waals surface area contributed by atoms with Crippen LogP contribution in [0.4, 0.5) is 9.59 Å². The van der Waals surface area contributed by atoms with E-state index in [9.17, 15) is 9.59 Å². The van der Waals surface area contributed by atoms with E-state index >= 15 is 0 Å². The number of ether oxygens (including phenoxy) is 2. The van der Waals surface area contributed by atoms with E-state index in [1.54, 1.807) is 91.0 Å². The molecule has 0 saturated heterocycles. The molecule has 0 bridgehead atoms. The van der Waals surface area contributed by atoms with Crippen LogP contribution < -0.4 is 9.81 Å². The van der Waals surface area contributed by atoms with Gasteiger partial charge in [0, 0.05) is 0 Å². The Labute approximate surface area is 221 Å². The molecule has 0 radical (unpaired) electrons. The van der Waals surface area contributed by atoms with Gasteiger partial charge in [-0.3, -0.25) is 0 Å². The minimum absolute atomic E-state index is 0.319. The van der Waals surface area contributed by atoms with Crippen molar-refractivity contribution in [1.29, 1.82) is 0 Å². The van der Waals surface area contributed by atoms with Gasteiger partial charge < -0.3 is 0 Å². The van der Waals surface area contributed by atoms with Gasteiger partial charge in [0.25, 0.3) is 0 Å². The molecule has 0 heterocycles. The van der Waals surface area contributed by atoms with E-state index in [1.165, 1.54) is 0 Å². The molecule has 0 aromatic heterocycles. The fraction of sp³-hybridized carbons (Fsp3) is 0.0909. The topological polar surface area (TPSA) is 52.6 Å². The molecule has 3 aromatic rings. The molecule has 3 aromatic carbocycles. The Morgan fingerprint density at radius 2 is 0.758 bits per heavy atom. The maximum absolute atomic E-state index is 14.3. The molecule has 0 amide bonds. The van der Waals surface area contributed by atoms with Crippen LogP contribution in [0, 0.1) is 0 Å². The molecule has 3 rings (SSSR count). The van der Waals surface area contributed by atoms with Crippen molar-refractivity contribution in [2.24, 2.45) is 0 Å². The molecule has 0 aliphatic heterocycles. The summed E-state index contributed by atoms with van der Waals surface area (Å²) in [5.74, 6) is 0. The number of carbonyl (C=O) groups excluding carboxylic acids is 2. The Morgan fingerprint density at radius 1 is 0.515 bits per heavy atom. The Kier molecular flexibility index (Phi) is 8.18. The summed E-state index contributed by atoms with van der Waals surface area (Å²) in [6, 6.07) is 24.9. The van der Waals surface area contributed by atoms with Crippen molar-refractivity contribution < 1.29 is 19.1 Å². The van der Waals surface area contributed by atoms with Crippen molar-refractivity contribution in [2.75, 3.05) is 0 Å². The van der Waals surface area contributed by atoms with Crippen LogP contribution in [0.15, 0.2) is 91.0 Å². The average Bonchev–Trinajstić information content (AvgIpc) is 2.75. The monoisotopic (exact) mass is 762 g/mol. The Bertz CT molecular complexity index is 1000. The predicted octanol–water partition coefficient (Wildman–Crippen LogP) is 6.20. The zero-order valence-electron chi connectivity index (χ0n) is 16.5. The summed E-state index contributed by atoms with van der Waals surface area (Å²) in [4.78, 5) is 28.6. The first-order chi connectivity index (χ1) is 15.4. The van der Waals surface area contributed by atoms with Crippen LogP contribution in [0.2, 0.25) is 0 Å². The Balaban J connectivity index is 2.63. The molecule has 0 fully saturated rings. The van der Waals surface area contributed by atoms with Gasteiger partial charge in [-0.2, -0.15) is 0 Å². The number of carbonyl (C=O) groups is 2. The van der Waals surface area contributed by atoms with Crippen LogP contribution in [0.5, 0.6) is 0 Å². The van der Waals surface area contributed by atoms with Gasteiger partial charge in [0.15, 0.2) is 0 Å². The van der Waals surface area contributed by atoms with Gasteiger partial charge in [0.05, 0.1) is 0 Å². The molecule has 11 heteroatoms. The van der Waals surface area contributed by atoms with E-state index in [1.807, 2.05) is 0 Å². The zero-order valence-corrected chi connectivity index (χ0v) is 24.5. The van der Waals surface area contributed by atoms with Gasteiger partial charge in [-0.15, -0.1) is 0 Å². The number of benzene rings is 3. The molecule has 0 saturated carbocycles. The normalized spacial score (nSPS) is 13.5. The van der Waals surface area contributed by atoms with Crippen molar-refractivity contribution in [3.05, 3.63) is 91.0 Å². The van der Waals surface area contributed by atoms with Gasteiger partial charge in [0.2, 0.25) is 0 Å². The van der Waals surface area contributed by atoms with Crippen molar-refractivity contribution in [2.45, 2.75) is 7.96 Å². The average molecular weight is 765 g/mol. The molecule has 0 aliphatic carbocycles. The summed E-state index contributed by atoms with van der Waals surface area (Å²) in [6.45, 7) is 0. The zero-order chi connectivity index (χ0) is 24.4. The molecular weight excluding hydrogens is 750 g/mol. The fourth-order valence-corrected chi connectivity index (χ4v) is 25.9. The van der Waals surface area contributed by atoms with Crippen molar-refractivity contribution in [3.8, 4) is 0 Å². The number of hydrogen-bond donors (Lipinski definition) is 0. The van der Waals surface area contributed by atoms with E-state index in [0.29, 0.717) is 9.81 Å². The standard InChI is InChI=1S/3C6H5.2C2Cl3O2.Bi/c3*1-2-4-6-5-3-1;2*3-2(4,5)7-1-6;/h3*1-5H;;;. The van der Waals surface area contributed by atoms with E-state index in [0.717, 1.165) is 0 Å². The summed E-state index contributed by atoms with van der Waals surface area (Å²) in [5, 5.41) is 0. The van der Waals surface area contributed by atoms with Crippen LogP contribution >= 0.6 is 69.6 Å². The molecule has 0 atom stereocenters. The van der Waals surface area contributed by atoms with E-state index in [-0.39, 0.29) is 0 Å². The summed E-state index contributed by atoms with van der Waals surface area (Å²) in [7, 11) is 0. The summed E-state index contributed by atoms with van der Waals surface area (Å²) in [6.07, 6.45) is 0. The van der Waals surface area contributed by atoms with Gasteiger partial charge in [-0.05, 0) is 0 Å². The molecular formula is C22H15BiCl6O4. The molecule has 174 valence electrons. The number of halogens is 6. The van der Waals surface area contributed by atoms with Gasteiger partial charge in [0.1, 0.15) is 0 Å². The third-order valence-corrected chi connectivity index (χ3v) is 27.3. The molecule has 0 aliphatic rings. The van der Waals surface area contributed by atoms with Gasteiger partial charge >= 0.3 is 224 Å². The number of alkyl halides is 6. The Morgan fingerprint density at radius 3 is 0.970 bits per heavy atom. The molecule has 0 N–H and O–H groups in total. The second-order valence-corrected chi connectivity index (χ2v) is 28.7. The van der Waals surface area contributed by atoms with Crippen molar-refractivity contribution >= 4 is 106 Å². The first-order valence-corrected chi connectivity index (χ1v) is 20.2.